The smallest absolute Gasteiger partial charge is 0.490 e. The first kappa shape index (κ1) is 49.1. The van der Waals surface area contributed by atoms with Crippen molar-refractivity contribution in [1.29, 1.82) is 0 Å². The Balaban J connectivity index is 0.000000448. The Morgan fingerprint density at radius 1 is 0.532 bits per heavy atom. The third-order valence-corrected chi connectivity index (χ3v) is 15.8. The maximum Gasteiger partial charge on any atom is 0.673 e. The minimum absolute atomic E-state index is 0. The fourth-order valence-corrected chi connectivity index (χ4v) is 13.0. The molecule has 0 amide bonds. The molecular formula is C51H57BF4NO2P2Rh+. The van der Waals surface area contributed by atoms with E-state index in [9.17, 15) is 17.3 Å². The SMILES string of the molecule is C1=C\CC/C=C\CC/1.F[B-](F)(F)F.[Rh].c1ccc([PH+](O[C@H](COc2cccc3ccccc23)CN(C2CCCCC2)[PH+](c2ccccc2)c2ccccc2)c2ccccc2)cc1. The summed E-state index contributed by atoms with van der Waals surface area (Å²) in [4.78, 5) is 0. The van der Waals surface area contributed by atoms with Crippen LogP contribution in [0.2, 0.25) is 0 Å². The second-order valence-corrected chi connectivity index (χ2v) is 19.7. The molecule has 2 aliphatic carbocycles. The van der Waals surface area contributed by atoms with Gasteiger partial charge < -0.3 is 22.0 Å². The van der Waals surface area contributed by atoms with Gasteiger partial charge in [0, 0.05) is 30.9 Å². The maximum absolute atomic E-state index is 9.75. The molecule has 0 aromatic heterocycles. The summed E-state index contributed by atoms with van der Waals surface area (Å²) in [5, 5.41) is 7.68. The van der Waals surface area contributed by atoms with Crippen molar-refractivity contribution in [1.82, 2.24) is 4.67 Å². The van der Waals surface area contributed by atoms with E-state index in [4.69, 9.17) is 9.26 Å². The zero-order chi connectivity index (χ0) is 42.5. The van der Waals surface area contributed by atoms with Gasteiger partial charge >= 0.3 is 7.25 Å². The number of fused-ring (bicyclic) bond motifs is 1. The average molecular weight is 968 g/mol. The maximum atomic E-state index is 9.75. The Hall–Kier alpha value is -3.95. The Labute approximate surface area is 381 Å². The second kappa shape index (κ2) is 26.6. The van der Waals surface area contributed by atoms with E-state index in [1.807, 2.05) is 0 Å². The minimum Gasteiger partial charge on any atom is -0.490 e. The molecule has 1 radical (unpaired) electrons. The molecule has 1 saturated carbocycles. The number of allylic oxidation sites excluding steroid dienone is 4. The van der Waals surface area contributed by atoms with Crippen molar-refractivity contribution < 1.29 is 46.0 Å². The van der Waals surface area contributed by atoms with Crippen LogP contribution >= 0.6 is 16.2 Å². The molecule has 1 atom stereocenters. The van der Waals surface area contributed by atoms with Gasteiger partial charge in [-0.3, -0.25) is 0 Å². The molecular weight excluding hydrogens is 910 g/mol. The third-order valence-electron chi connectivity index (χ3n) is 10.7. The molecule has 6 aromatic rings. The molecule has 0 unspecified atom stereocenters. The first-order valence-electron chi connectivity index (χ1n) is 21.5. The summed E-state index contributed by atoms with van der Waals surface area (Å²) in [7, 11) is -8.87. The van der Waals surface area contributed by atoms with E-state index in [-0.39, 0.29) is 25.6 Å². The van der Waals surface area contributed by atoms with E-state index in [0.717, 1.165) is 17.7 Å². The molecule has 6 aromatic carbocycles. The molecule has 0 saturated heterocycles. The number of halogens is 4. The minimum atomic E-state index is -6.00. The number of nitrogens with zero attached hydrogens (tertiary/aromatic N) is 1. The van der Waals surface area contributed by atoms with E-state index < -0.39 is 23.5 Å². The third kappa shape index (κ3) is 16.3. The number of ether oxygens (including phenoxy) is 1. The van der Waals surface area contributed by atoms with E-state index in [0.29, 0.717) is 12.6 Å². The average Bonchev–Trinajstić information content (AvgIpc) is 3.28. The molecule has 62 heavy (non-hydrogen) atoms. The van der Waals surface area contributed by atoms with Crippen LogP contribution in [0.25, 0.3) is 10.8 Å². The van der Waals surface area contributed by atoms with Crippen molar-refractivity contribution in [3.05, 3.63) is 188 Å². The van der Waals surface area contributed by atoms with Crippen LogP contribution in [0, 0.1) is 0 Å². The van der Waals surface area contributed by atoms with Crippen molar-refractivity contribution in [2.24, 2.45) is 0 Å². The molecule has 3 nitrogen and oxygen atoms in total. The molecule has 0 bridgehead atoms. The summed E-state index contributed by atoms with van der Waals surface area (Å²) in [6.45, 7) is 1.28. The van der Waals surface area contributed by atoms with Crippen LogP contribution in [-0.2, 0) is 24.0 Å². The first-order chi connectivity index (χ1) is 29.8. The molecule has 0 aliphatic heterocycles. The Morgan fingerprint density at radius 2 is 0.952 bits per heavy atom. The summed E-state index contributed by atoms with van der Waals surface area (Å²) in [6.07, 6.45) is 20.2. The van der Waals surface area contributed by atoms with Gasteiger partial charge in [-0.05, 0) is 98.5 Å². The normalized spacial score (nSPS) is 15.8. The molecule has 11 heteroatoms. The van der Waals surface area contributed by atoms with E-state index >= 15 is 0 Å². The Kier molecular flexibility index (Phi) is 21.1. The fraction of sp³-hybridized carbons (Fsp3) is 0.255. The Bertz CT molecular complexity index is 2080. The number of benzene rings is 6. The van der Waals surface area contributed by atoms with Crippen LogP contribution in [-0.4, -0.2) is 37.2 Å². The van der Waals surface area contributed by atoms with Crippen molar-refractivity contribution >= 4 is 55.5 Å². The number of hydrogen-bond acceptors (Lipinski definition) is 3. The second-order valence-electron chi connectivity index (χ2n) is 15.2. The van der Waals surface area contributed by atoms with Crippen molar-refractivity contribution in [3.8, 4) is 5.75 Å². The number of rotatable bonds is 13. The first-order valence-corrected chi connectivity index (χ1v) is 24.4. The standard InChI is InChI=1S/C43H43NO2P2.C8H12.BF4.Rh/c1-6-21-36(22-7-1)44(47(38-23-8-2-9-24-38)39-25-10-3-11-26-39)33-37(34-45-43-32-18-20-35-19-16-17-31-42(35)43)46-48(40-27-12-4-13-28-40)41-29-14-5-15-30-41;1-2-4-6-8-7-5-3-1;2-1(3,4)5;/h2-5,8-20,23-32,36-37H,1,6-7,21-22,33-34H2;1-2,7-8H,3-6H2;;/q;;-1;/p+2/b;2-1-,8-7-;;/t37-;;;/m0.../s1. The van der Waals surface area contributed by atoms with E-state index in [1.165, 1.54) is 84.4 Å². The molecule has 2 aliphatic rings. The quantitative estimate of drug-likeness (QED) is 0.0498. The van der Waals surface area contributed by atoms with Gasteiger partial charge in [0.25, 0.3) is 0 Å². The molecule has 0 heterocycles. The van der Waals surface area contributed by atoms with Gasteiger partial charge in [-0.15, -0.1) is 0 Å². The monoisotopic (exact) mass is 967 g/mol. The topological polar surface area (TPSA) is 21.7 Å². The van der Waals surface area contributed by atoms with Gasteiger partial charge in [-0.1, -0.05) is 153 Å². The Morgan fingerprint density at radius 3 is 1.44 bits per heavy atom. The zero-order valence-corrected chi connectivity index (χ0v) is 38.7. The predicted molar refractivity (Wildman–Crippen MR) is 256 cm³/mol. The van der Waals surface area contributed by atoms with Gasteiger partial charge in [-0.2, -0.15) is 4.67 Å². The van der Waals surface area contributed by atoms with Crippen LogP contribution in [0.1, 0.15) is 57.8 Å². The van der Waals surface area contributed by atoms with Gasteiger partial charge in [0.1, 0.15) is 41.6 Å². The predicted octanol–water partition coefficient (Wildman–Crippen LogP) is 12.8. The van der Waals surface area contributed by atoms with Crippen LogP contribution < -0.4 is 26.0 Å². The zero-order valence-electron chi connectivity index (χ0n) is 35.0. The van der Waals surface area contributed by atoms with Crippen molar-refractivity contribution in [2.45, 2.75) is 69.9 Å². The fourth-order valence-electron chi connectivity index (χ4n) is 7.86. The summed E-state index contributed by atoms with van der Waals surface area (Å²) in [6, 6.07) is 59.4. The van der Waals surface area contributed by atoms with Crippen LogP contribution in [0.5, 0.6) is 5.75 Å². The summed E-state index contributed by atoms with van der Waals surface area (Å²) >= 11 is 0. The summed E-state index contributed by atoms with van der Waals surface area (Å²) in [5.41, 5.74) is 0. The summed E-state index contributed by atoms with van der Waals surface area (Å²) in [5.74, 6) is 0.913. The summed E-state index contributed by atoms with van der Waals surface area (Å²) < 4.78 is 56.1. The number of hydrogen-bond donors (Lipinski definition) is 0. The van der Waals surface area contributed by atoms with E-state index in [1.54, 1.807) is 0 Å². The van der Waals surface area contributed by atoms with Crippen molar-refractivity contribution in [3.63, 3.8) is 0 Å². The molecule has 1 fully saturated rings. The van der Waals surface area contributed by atoms with Crippen LogP contribution in [0.4, 0.5) is 17.3 Å². The van der Waals surface area contributed by atoms with Gasteiger partial charge in [0.2, 0.25) is 0 Å². The molecule has 0 spiro atoms. The van der Waals surface area contributed by atoms with Gasteiger partial charge in [0.05, 0.1) is 6.54 Å². The van der Waals surface area contributed by atoms with Crippen LogP contribution in [0.3, 0.4) is 0 Å². The van der Waals surface area contributed by atoms with Crippen molar-refractivity contribution in [2.75, 3.05) is 13.2 Å². The molecule has 0 N–H and O–H groups in total. The van der Waals surface area contributed by atoms with Gasteiger partial charge in [-0.25, -0.2) is 4.52 Å². The van der Waals surface area contributed by atoms with E-state index in [2.05, 4.69) is 193 Å². The van der Waals surface area contributed by atoms with Gasteiger partial charge in [0.15, 0.2) is 14.3 Å². The molecule has 327 valence electrons. The van der Waals surface area contributed by atoms with Crippen LogP contribution in [0.15, 0.2) is 188 Å². The largest absolute Gasteiger partial charge is 0.673 e. The molecule has 8 rings (SSSR count).